The molecule has 4 heteroatoms. The van der Waals surface area contributed by atoms with Gasteiger partial charge in [-0.2, -0.15) is 0 Å². The minimum absolute atomic E-state index is 0.452. The first kappa shape index (κ1) is 8.59. The van der Waals surface area contributed by atoms with Crippen molar-refractivity contribution < 1.29 is 0 Å². The quantitative estimate of drug-likeness (QED) is 0.634. The SMILES string of the molecule is CSc1nnc(C(C)C)n1C. The van der Waals surface area contributed by atoms with Crippen LogP contribution in [-0.2, 0) is 7.05 Å². The third-order valence-electron chi connectivity index (χ3n) is 1.57. The molecule has 11 heavy (non-hydrogen) atoms. The summed E-state index contributed by atoms with van der Waals surface area (Å²) in [6, 6.07) is 0. The van der Waals surface area contributed by atoms with Crippen LogP contribution in [-0.4, -0.2) is 21.0 Å². The Labute approximate surface area is 71.2 Å². The van der Waals surface area contributed by atoms with Gasteiger partial charge in [-0.3, -0.25) is 0 Å². The van der Waals surface area contributed by atoms with E-state index in [4.69, 9.17) is 0 Å². The third-order valence-corrected chi connectivity index (χ3v) is 2.29. The van der Waals surface area contributed by atoms with Gasteiger partial charge in [0.15, 0.2) is 5.16 Å². The van der Waals surface area contributed by atoms with Crippen molar-refractivity contribution in [3.8, 4) is 0 Å². The van der Waals surface area contributed by atoms with E-state index in [2.05, 4.69) is 24.0 Å². The van der Waals surface area contributed by atoms with E-state index < -0.39 is 0 Å². The van der Waals surface area contributed by atoms with Crippen LogP contribution < -0.4 is 0 Å². The second-order valence-electron chi connectivity index (χ2n) is 2.76. The molecule has 0 aliphatic heterocycles. The maximum absolute atomic E-state index is 4.08. The molecular formula is C7H13N3S. The Bertz CT molecular complexity index is 242. The van der Waals surface area contributed by atoms with Crippen LogP contribution in [0.1, 0.15) is 25.6 Å². The van der Waals surface area contributed by atoms with Crippen molar-refractivity contribution in [1.82, 2.24) is 14.8 Å². The highest BCUT2D eigenvalue weighted by Gasteiger charge is 2.09. The van der Waals surface area contributed by atoms with Gasteiger partial charge in [0.05, 0.1) is 0 Å². The summed E-state index contributed by atoms with van der Waals surface area (Å²) in [5, 5.41) is 9.09. The Balaban J connectivity index is 3.00. The minimum Gasteiger partial charge on any atom is -0.309 e. The molecule has 0 bridgehead atoms. The maximum atomic E-state index is 4.08. The fraction of sp³-hybridized carbons (Fsp3) is 0.714. The average molecular weight is 171 g/mol. The summed E-state index contributed by atoms with van der Waals surface area (Å²) in [6.07, 6.45) is 2.01. The number of aromatic nitrogens is 3. The van der Waals surface area contributed by atoms with Crippen molar-refractivity contribution in [1.29, 1.82) is 0 Å². The highest BCUT2D eigenvalue weighted by atomic mass is 32.2. The van der Waals surface area contributed by atoms with Gasteiger partial charge in [-0.1, -0.05) is 25.6 Å². The smallest absolute Gasteiger partial charge is 0.190 e. The minimum atomic E-state index is 0.452. The van der Waals surface area contributed by atoms with Gasteiger partial charge in [-0.25, -0.2) is 0 Å². The predicted octanol–water partition coefficient (Wildman–Crippen LogP) is 1.66. The van der Waals surface area contributed by atoms with Crippen molar-refractivity contribution in [2.24, 2.45) is 7.05 Å². The summed E-state index contributed by atoms with van der Waals surface area (Å²) in [5.74, 6) is 1.50. The van der Waals surface area contributed by atoms with E-state index in [-0.39, 0.29) is 0 Å². The number of rotatable bonds is 2. The van der Waals surface area contributed by atoms with Gasteiger partial charge in [0, 0.05) is 13.0 Å². The largest absolute Gasteiger partial charge is 0.309 e. The number of hydrogen-bond acceptors (Lipinski definition) is 3. The Morgan fingerprint density at radius 1 is 1.36 bits per heavy atom. The van der Waals surface area contributed by atoms with E-state index in [0.29, 0.717) is 5.92 Å². The Hall–Kier alpha value is -0.510. The summed E-state index contributed by atoms with van der Waals surface area (Å²) in [6.45, 7) is 4.24. The molecule has 0 N–H and O–H groups in total. The van der Waals surface area contributed by atoms with Crippen molar-refractivity contribution in [3.05, 3.63) is 5.82 Å². The van der Waals surface area contributed by atoms with Crippen LogP contribution in [0.2, 0.25) is 0 Å². The van der Waals surface area contributed by atoms with Gasteiger partial charge >= 0.3 is 0 Å². The highest BCUT2D eigenvalue weighted by molar-refractivity contribution is 7.98. The first-order chi connectivity index (χ1) is 5.16. The second-order valence-corrected chi connectivity index (χ2v) is 3.53. The zero-order chi connectivity index (χ0) is 8.43. The topological polar surface area (TPSA) is 30.7 Å². The molecule has 1 heterocycles. The van der Waals surface area contributed by atoms with Gasteiger partial charge in [0.25, 0.3) is 0 Å². The molecule has 0 fully saturated rings. The summed E-state index contributed by atoms with van der Waals surface area (Å²) in [5.41, 5.74) is 0. The molecule has 0 aromatic carbocycles. The Morgan fingerprint density at radius 2 is 2.00 bits per heavy atom. The number of hydrogen-bond donors (Lipinski definition) is 0. The molecule has 0 amide bonds. The van der Waals surface area contributed by atoms with E-state index in [1.165, 1.54) is 0 Å². The molecule has 1 aromatic heterocycles. The van der Waals surface area contributed by atoms with Crippen LogP contribution in [0.25, 0.3) is 0 Å². The summed E-state index contributed by atoms with van der Waals surface area (Å²) in [4.78, 5) is 0. The van der Waals surface area contributed by atoms with Gasteiger partial charge in [-0.15, -0.1) is 10.2 Å². The van der Waals surface area contributed by atoms with Gasteiger partial charge < -0.3 is 4.57 Å². The van der Waals surface area contributed by atoms with Crippen molar-refractivity contribution in [2.45, 2.75) is 24.9 Å². The van der Waals surface area contributed by atoms with Crippen LogP contribution >= 0.6 is 11.8 Å². The molecule has 0 saturated heterocycles. The first-order valence-electron chi connectivity index (χ1n) is 3.60. The van der Waals surface area contributed by atoms with Gasteiger partial charge in [0.1, 0.15) is 5.82 Å². The number of thioether (sulfide) groups is 1. The fourth-order valence-corrected chi connectivity index (χ4v) is 1.50. The molecule has 0 radical (unpaired) electrons. The molecule has 62 valence electrons. The van der Waals surface area contributed by atoms with Crippen molar-refractivity contribution >= 4 is 11.8 Å². The first-order valence-corrected chi connectivity index (χ1v) is 4.82. The molecule has 3 nitrogen and oxygen atoms in total. The van der Waals surface area contributed by atoms with E-state index in [1.54, 1.807) is 11.8 Å². The molecule has 0 atom stereocenters. The van der Waals surface area contributed by atoms with Gasteiger partial charge in [-0.05, 0) is 6.26 Å². The summed E-state index contributed by atoms with van der Waals surface area (Å²) in [7, 11) is 2.00. The Kier molecular flexibility index (Phi) is 2.54. The molecule has 0 unspecified atom stereocenters. The average Bonchev–Trinajstić information content (AvgIpc) is 2.30. The molecule has 0 aliphatic rings. The predicted molar refractivity (Wildman–Crippen MR) is 46.9 cm³/mol. The molecule has 0 aliphatic carbocycles. The lowest BCUT2D eigenvalue weighted by Gasteiger charge is -2.03. The summed E-state index contributed by atoms with van der Waals surface area (Å²) >= 11 is 1.62. The molecular weight excluding hydrogens is 158 g/mol. The van der Waals surface area contributed by atoms with E-state index in [9.17, 15) is 0 Å². The van der Waals surface area contributed by atoms with Crippen LogP contribution in [0.5, 0.6) is 0 Å². The zero-order valence-corrected chi connectivity index (χ0v) is 8.14. The lowest BCUT2D eigenvalue weighted by molar-refractivity contribution is 0.680. The normalized spacial score (nSPS) is 11.0. The summed E-state index contributed by atoms with van der Waals surface area (Å²) < 4.78 is 2.04. The maximum Gasteiger partial charge on any atom is 0.190 e. The van der Waals surface area contributed by atoms with Crippen LogP contribution in [0.15, 0.2) is 5.16 Å². The standard InChI is InChI=1S/C7H13N3S/c1-5(2)6-8-9-7(11-4)10(6)3/h5H,1-4H3. The van der Waals surface area contributed by atoms with E-state index >= 15 is 0 Å². The van der Waals surface area contributed by atoms with E-state index in [0.717, 1.165) is 11.0 Å². The van der Waals surface area contributed by atoms with Gasteiger partial charge in [0.2, 0.25) is 0 Å². The van der Waals surface area contributed by atoms with E-state index in [1.807, 2.05) is 17.9 Å². The number of nitrogens with zero attached hydrogens (tertiary/aromatic N) is 3. The lowest BCUT2D eigenvalue weighted by Crippen LogP contribution is -2.00. The monoisotopic (exact) mass is 171 g/mol. The van der Waals surface area contributed by atoms with Crippen LogP contribution in [0, 0.1) is 0 Å². The lowest BCUT2D eigenvalue weighted by atomic mass is 10.2. The highest BCUT2D eigenvalue weighted by Crippen LogP contribution is 2.16. The Morgan fingerprint density at radius 3 is 2.27 bits per heavy atom. The molecule has 1 aromatic rings. The van der Waals surface area contributed by atoms with Crippen molar-refractivity contribution in [3.63, 3.8) is 0 Å². The molecule has 0 spiro atoms. The van der Waals surface area contributed by atoms with Crippen LogP contribution in [0.3, 0.4) is 0 Å². The van der Waals surface area contributed by atoms with Crippen molar-refractivity contribution in [2.75, 3.05) is 6.26 Å². The molecule has 0 saturated carbocycles. The fourth-order valence-electron chi connectivity index (χ4n) is 1.01. The van der Waals surface area contributed by atoms with Crippen LogP contribution in [0.4, 0.5) is 0 Å². The third kappa shape index (κ3) is 1.56. The second kappa shape index (κ2) is 3.26. The zero-order valence-electron chi connectivity index (χ0n) is 7.33. The molecule has 1 rings (SSSR count).